The first-order chi connectivity index (χ1) is 8.19. The van der Waals surface area contributed by atoms with Crippen molar-refractivity contribution in [3.8, 4) is 0 Å². The lowest BCUT2D eigenvalue weighted by Gasteiger charge is -2.07. The molecule has 17 heavy (non-hydrogen) atoms. The summed E-state index contributed by atoms with van der Waals surface area (Å²) in [6, 6.07) is 3.07. The Labute approximate surface area is 100 Å². The van der Waals surface area contributed by atoms with Crippen molar-refractivity contribution < 1.29 is 23.8 Å². The third kappa shape index (κ3) is 4.20. The summed E-state index contributed by atoms with van der Waals surface area (Å²) >= 11 is 0. The van der Waals surface area contributed by atoms with Crippen molar-refractivity contribution in [3.05, 3.63) is 23.7 Å². The number of hydrogen-bond donors (Lipinski definition) is 1. The van der Waals surface area contributed by atoms with Crippen molar-refractivity contribution in [2.75, 3.05) is 20.3 Å². The quantitative estimate of drug-likeness (QED) is 0.584. The van der Waals surface area contributed by atoms with E-state index in [0.717, 1.165) is 6.42 Å². The summed E-state index contributed by atoms with van der Waals surface area (Å²) in [5.41, 5.74) is 0. The maximum Gasteiger partial charge on any atom is 0.373 e. The lowest BCUT2D eigenvalue weighted by atomic mass is 10.1. The first-order valence-electron chi connectivity index (χ1n) is 5.63. The first kappa shape index (κ1) is 13.7. The van der Waals surface area contributed by atoms with Crippen molar-refractivity contribution in [2.45, 2.75) is 25.9 Å². The number of furan rings is 1. The van der Waals surface area contributed by atoms with Gasteiger partial charge in [0, 0.05) is 13.2 Å². The Hall–Kier alpha value is -1.33. The zero-order valence-electron chi connectivity index (χ0n) is 10.1. The summed E-state index contributed by atoms with van der Waals surface area (Å²) in [4.78, 5) is 11.1. The van der Waals surface area contributed by atoms with Crippen LogP contribution in [-0.4, -0.2) is 31.4 Å². The number of carbonyl (C=O) groups excluding carboxylic acids is 1. The van der Waals surface area contributed by atoms with Gasteiger partial charge in [0.2, 0.25) is 5.76 Å². The summed E-state index contributed by atoms with van der Waals surface area (Å²) in [7, 11) is 1.28. The molecule has 0 bridgehead atoms. The van der Waals surface area contributed by atoms with Gasteiger partial charge in [-0.3, -0.25) is 0 Å². The van der Waals surface area contributed by atoms with Crippen molar-refractivity contribution in [1.29, 1.82) is 0 Å². The van der Waals surface area contributed by atoms with E-state index in [0.29, 0.717) is 25.4 Å². The SMILES string of the molecule is CCOCCCC(O)c1ccc(C(=O)OC)o1. The summed E-state index contributed by atoms with van der Waals surface area (Å²) in [6.45, 7) is 3.20. The highest BCUT2D eigenvalue weighted by molar-refractivity contribution is 5.86. The number of aliphatic hydroxyl groups excluding tert-OH is 1. The minimum absolute atomic E-state index is 0.103. The van der Waals surface area contributed by atoms with Gasteiger partial charge in [-0.1, -0.05) is 0 Å². The number of carbonyl (C=O) groups is 1. The average molecular weight is 242 g/mol. The summed E-state index contributed by atoms with van der Waals surface area (Å²) < 4.78 is 14.9. The van der Waals surface area contributed by atoms with Crippen LogP contribution in [0.5, 0.6) is 0 Å². The fourth-order valence-electron chi connectivity index (χ4n) is 1.41. The minimum Gasteiger partial charge on any atom is -0.463 e. The second-order valence-electron chi connectivity index (χ2n) is 3.55. The topological polar surface area (TPSA) is 68.9 Å². The van der Waals surface area contributed by atoms with Crippen LogP contribution in [0.3, 0.4) is 0 Å². The van der Waals surface area contributed by atoms with E-state index in [4.69, 9.17) is 9.15 Å². The van der Waals surface area contributed by atoms with E-state index >= 15 is 0 Å². The molecule has 0 amide bonds. The largest absolute Gasteiger partial charge is 0.463 e. The maximum absolute atomic E-state index is 11.1. The van der Waals surface area contributed by atoms with Crippen molar-refractivity contribution in [3.63, 3.8) is 0 Å². The van der Waals surface area contributed by atoms with E-state index in [9.17, 15) is 9.90 Å². The third-order valence-corrected chi connectivity index (χ3v) is 2.31. The van der Waals surface area contributed by atoms with Crippen LogP contribution in [0.15, 0.2) is 16.5 Å². The molecule has 0 spiro atoms. The molecule has 1 heterocycles. The monoisotopic (exact) mass is 242 g/mol. The van der Waals surface area contributed by atoms with Crippen molar-refractivity contribution in [2.24, 2.45) is 0 Å². The highest BCUT2D eigenvalue weighted by Gasteiger charge is 2.16. The molecular formula is C12H18O5. The van der Waals surface area contributed by atoms with Gasteiger partial charge in [0.25, 0.3) is 0 Å². The molecule has 0 aliphatic rings. The molecule has 5 nitrogen and oxygen atoms in total. The normalized spacial score (nSPS) is 12.4. The van der Waals surface area contributed by atoms with E-state index in [-0.39, 0.29) is 5.76 Å². The van der Waals surface area contributed by atoms with Crippen LogP contribution >= 0.6 is 0 Å². The van der Waals surface area contributed by atoms with Gasteiger partial charge in [-0.05, 0) is 31.9 Å². The molecule has 5 heteroatoms. The number of hydrogen-bond acceptors (Lipinski definition) is 5. The van der Waals surface area contributed by atoms with Gasteiger partial charge in [-0.2, -0.15) is 0 Å². The Morgan fingerprint density at radius 3 is 2.94 bits per heavy atom. The van der Waals surface area contributed by atoms with E-state index in [1.54, 1.807) is 6.07 Å². The fourth-order valence-corrected chi connectivity index (χ4v) is 1.41. The molecule has 0 aromatic carbocycles. The summed E-state index contributed by atoms with van der Waals surface area (Å²) in [5, 5.41) is 9.79. The van der Waals surface area contributed by atoms with E-state index < -0.39 is 12.1 Å². The molecule has 0 fully saturated rings. The highest BCUT2D eigenvalue weighted by atomic mass is 16.5. The molecule has 0 aliphatic heterocycles. The van der Waals surface area contributed by atoms with Crippen LogP contribution in [0.2, 0.25) is 0 Å². The predicted octanol–water partition coefficient (Wildman–Crippen LogP) is 1.92. The van der Waals surface area contributed by atoms with Gasteiger partial charge in [-0.15, -0.1) is 0 Å². The molecule has 1 atom stereocenters. The van der Waals surface area contributed by atoms with Crippen LogP contribution in [-0.2, 0) is 9.47 Å². The molecule has 1 aromatic heterocycles. The molecule has 1 rings (SSSR count). The van der Waals surface area contributed by atoms with E-state index in [2.05, 4.69) is 4.74 Å². The Morgan fingerprint density at radius 1 is 1.53 bits per heavy atom. The second kappa shape index (κ2) is 7.09. The highest BCUT2D eigenvalue weighted by Crippen LogP contribution is 2.21. The maximum atomic E-state index is 11.1. The van der Waals surface area contributed by atoms with Gasteiger partial charge >= 0.3 is 5.97 Å². The number of rotatable bonds is 7. The van der Waals surface area contributed by atoms with Crippen LogP contribution in [0.1, 0.15) is 42.2 Å². The summed E-state index contributed by atoms with van der Waals surface area (Å²) in [5.74, 6) is -0.0639. The van der Waals surface area contributed by atoms with Crippen LogP contribution < -0.4 is 0 Å². The fraction of sp³-hybridized carbons (Fsp3) is 0.583. The van der Waals surface area contributed by atoms with Crippen LogP contribution in [0.4, 0.5) is 0 Å². The lowest BCUT2D eigenvalue weighted by molar-refractivity contribution is 0.0550. The number of ether oxygens (including phenoxy) is 2. The molecule has 1 N–H and O–H groups in total. The number of methoxy groups -OCH3 is 1. The molecule has 0 radical (unpaired) electrons. The third-order valence-electron chi connectivity index (χ3n) is 2.31. The summed E-state index contributed by atoms with van der Waals surface area (Å²) in [6.07, 6.45) is 0.561. The molecule has 0 saturated heterocycles. The van der Waals surface area contributed by atoms with Crippen LogP contribution in [0.25, 0.3) is 0 Å². The van der Waals surface area contributed by atoms with Crippen LogP contribution in [0, 0.1) is 0 Å². The van der Waals surface area contributed by atoms with Gasteiger partial charge < -0.3 is 19.0 Å². The Morgan fingerprint density at radius 2 is 2.29 bits per heavy atom. The minimum atomic E-state index is -0.714. The van der Waals surface area contributed by atoms with Gasteiger partial charge in [0.15, 0.2) is 0 Å². The van der Waals surface area contributed by atoms with E-state index in [1.807, 2.05) is 6.92 Å². The zero-order chi connectivity index (χ0) is 12.7. The predicted molar refractivity (Wildman–Crippen MR) is 60.7 cm³/mol. The van der Waals surface area contributed by atoms with Crippen molar-refractivity contribution >= 4 is 5.97 Å². The van der Waals surface area contributed by atoms with E-state index in [1.165, 1.54) is 13.2 Å². The standard InChI is InChI=1S/C12H18O5/c1-3-16-8-4-5-9(13)10-6-7-11(17-10)12(14)15-2/h6-7,9,13H,3-5,8H2,1-2H3. The molecule has 0 saturated carbocycles. The number of esters is 1. The first-order valence-corrected chi connectivity index (χ1v) is 5.63. The Balaban J connectivity index is 2.43. The molecule has 0 aliphatic carbocycles. The Bertz CT molecular complexity index is 344. The lowest BCUT2D eigenvalue weighted by Crippen LogP contribution is -2.01. The van der Waals surface area contributed by atoms with Gasteiger partial charge in [0.05, 0.1) is 7.11 Å². The smallest absolute Gasteiger partial charge is 0.373 e. The van der Waals surface area contributed by atoms with Gasteiger partial charge in [-0.25, -0.2) is 4.79 Å². The second-order valence-corrected chi connectivity index (χ2v) is 3.55. The average Bonchev–Trinajstić information content (AvgIpc) is 2.83. The molecule has 1 aromatic rings. The van der Waals surface area contributed by atoms with Gasteiger partial charge in [0.1, 0.15) is 11.9 Å². The molecular weight excluding hydrogens is 224 g/mol. The van der Waals surface area contributed by atoms with Crippen molar-refractivity contribution in [1.82, 2.24) is 0 Å². The zero-order valence-corrected chi connectivity index (χ0v) is 10.1. The number of aliphatic hydroxyl groups is 1. The Kier molecular flexibility index (Phi) is 5.72. The molecule has 1 unspecified atom stereocenters. The molecule has 96 valence electrons.